The van der Waals surface area contributed by atoms with Crippen LogP contribution in [-0.4, -0.2) is 59.1 Å². The number of carbonyl (C=O) groups is 3. The van der Waals surface area contributed by atoms with Gasteiger partial charge in [0.1, 0.15) is 5.82 Å². The summed E-state index contributed by atoms with van der Waals surface area (Å²) in [4.78, 5) is 42.6. The molecule has 1 aliphatic heterocycles. The van der Waals surface area contributed by atoms with Gasteiger partial charge >= 0.3 is 0 Å². The molecular weight excluding hydrogens is 332 g/mol. The molecule has 0 bridgehead atoms. The molecule has 0 radical (unpaired) electrons. The molecule has 1 N–H and O–H groups in total. The number of carbonyl (C=O) groups excluding carboxylic acids is 3. The van der Waals surface area contributed by atoms with Crippen LogP contribution in [0.2, 0.25) is 0 Å². The first-order valence-corrected chi connectivity index (χ1v) is 8.39. The smallest absolute Gasteiger partial charge is 0.254 e. The number of rotatable bonds is 5. The molecule has 7 nitrogen and oxygen atoms in total. The van der Waals surface area contributed by atoms with Gasteiger partial charge in [-0.25, -0.2) is 4.98 Å². The van der Waals surface area contributed by atoms with Crippen molar-refractivity contribution in [2.24, 2.45) is 0 Å². The van der Waals surface area contributed by atoms with Crippen LogP contribution in [0.4, 0.5) is 11.5 Å². The first-order chi connectivity index (χ1) is 12.6. The van der Waals surface area contributed by atoms with Crippen LogP contribution in [0.3, 0.4) is 0 Å². The average Bonchev–Trinajstić information content (AvgIpc) is 2.68. The van der Waals surface area contributed by atoms with E-state index < -0.39 is 0 Å². The van der Waals surface area contributed by atoms with Gasteiger partial charge in [-0.3, -0.25) is 14.4 Å². The molecule has 1 fully saturated rings. The Kier molecular flexibility index (Phi) is 5.26. The molecule has 3 rings (SSSR count). The predicted molar refractivity (Wildman–Crippen MR) is 97.5 cm³/mol. The zero-order chi connectivity index (χ0) is 18.5. The highest BCUT2D eigenvalue weighted by Crippen LogP contribution is 2.18. The van der Waals surface area contributed by atoms with Crippen LogP contribution in [0.5, 0.6) is 0 Å². The third-order valence-electron chi connectivity index (χ3n) is 4.30. The molecule has 2 amide bonds. The van der Waals surface area contributed by atoms with Crippen molar-refractivity contribution in [1.82, 2.24) is 14.8 Å². The van der Waals surface area contributed by atoms with E-state index in [9.17, 15) is 14.4 Å². The first kappa shape index (κ1) is 17.6. The Labute approximate surface area is 151 Å². The summed E-state index contributed by atoms with van der Waals surface area (Å²) >= 11 is 0. The van der Waals surface area contributed by atoms with Crippen LogP contribution in [0.1, 0.15) is 27.6 Å². The quantitative estimate of drug-likeness (QED) is 0.657. The van der Waals surface area contributed by atoms with Gasteiger partial charge < -0.3 is 15.1 Å². The van der Waals surface area contributed by atoms with Crippen LogP contribution >= 0.6 is 0 Å². The summed E-state index contributed by atoms with van der Waals surface area (Å²) in [5.74, 6) is 0.432. The van der Waals surface area contributed by atoms with Gasteiger partial charge in [0.2, 0.25) is 6.41 Å². The van der Waals surface area contributed by atoms with Crippen molar-refractivity contribution in [3.8, 4) is 0 Å². The number of Topliss-reactive ketones (excluding diaryl/α,β-unsaturated/α-hetero) is 1. The fraction of sp³-hybridized carbons (Fsp3) is 0.263. The lowest BCUT2D eigenvalue weighted by atomic mass is 10.1. The molecule has 0 unspecified atom stereocenters. The maximum Gasteiger partial charge on any atom is 0.254 e. The second-order valence-corrected chi connectivity index (χ2v) is 6.13. The van der Waals surface area contributed by atoms with E-state index in [1.54, 1.807) is 46.3 Å². The molecule has 2 heterocycles. The van der Waals surface area contributed by atoms with Crippen LogP contribution < -0.4 is 5.32 Å². The highest BCUT2D eigenvalue weighted by Gasteiger charge is 2.21. The number of pyridine rings is 1. The molecule has 0 atom stereocenters. The van der Waals surface area contributed by atoms with Gasteiger partial charge in [-0.2, -0.15) is 0 Å². The largest absolute Gasteiger partial charge is 0.342 e. The zero-order valence-corrected chi connectivity index (χ0v) is 14.5. The highest BCUT2D eigenvalue weighted by molar-refractivity contribution is 5.96. The Hall–Kier alpha value is -3.22. The molecule has 134 valence electrons. The van der Waals surface area contributed by atoms with E-state index in [2.05, 4.69) is 10.3 Å². The van der Waals surface area contributed by atoms with E-state index in [4.69, 9.17) is 0 Å². The minimum atomic E-state index is -0.0847. The van der Waals surface area contributed by atoms with E-state index >= 15 is 0 Å². The van der Waals surface area contributed by atoms with Gasteiger partial charge in [-0.1, -0.05) is 12.1 Å². The summed E-state index contributed by atoms with van der Waals surface area (Å²) in [6, 6.07) is 10.5. The van der Waals surface area contributed by atoms with Gasteiger partial charge in [0, 0.05) is 49.2 Å². The van der Waals surface area contributed by atoms with Crippen molar-refractivity contribution >= 4 is 29.6 Å². The number of piperazine rings is 1. The zero-order valence-electron chi connectivity index (χ0n) is 14.5. The third-order valence-corrected chi connectivity index (χ3v) is 4.30. The Balaban J connectivity index is 1.72. The third kappa shape index (κ3) is 4.05. The van der Waals surface area contributed by atoms with Gasteiger partial charge in [0.25, 0.3) is 5.91 Å². The number of aromatic nitrogens is 1. The monoisotopic (exact) mass is 352 g/mol. The molecule has 0 saturated carbocycles. The molecule has 1 aromatic carbocycles. The topological polar surface area (TPSA) is 82.6 Å². The molecule has 0 spiro atoms. The van der Waals surface area contributed by atoms with Crippen LogP contribution in [0.25, 0.3) is 0 Å². The number of nitrogens with one attached hydrogen (secondary N) is 1. The number of hydrogen-bond acceptors (Lipinski definition) is 5. The minimum Gasteiger partial charge on any atom is -0.342 e. The SMILES string of the molecule is CC(=O)c1cccc(Nc2cc(C(=O)N3CCN(C=O)CC3)ccn2)c1. The normalized spacial score (nSPS) is 14.0. The highest BCUT2D eigenvalue weighted by atomic mass is 16.2. The summed E-state index contributed by atoms with van der Waals surface area (Å²) in [5, 5.41) is 3.12. The summed E-state index contributed by atoms with van der Waals surface area (Å²) < 4.78 is 0. The maximum atomic E-state index is 12.7. The van der Waals surface area contributed by atoms with E-state index in [0.717, 1.165) is 12.1 Å². The van der Waals surface area contributed by atoms with Crippen molar-refractivity contribution in [2.45, 2.75) is 6.92 Å². The number of nitrogens with zero attached hydrogens (tertiary/aromatic N) is 3. The Morgan fingerprint density at radius 3 is 2.54 bits per heavy atom. The van der Waals surface area contributed by atoms with Gasteiger partial charge in [-0.05, 0) is 31.2 Å². The predicted octanol–water partition coefficient (Wildman–Crippen LogP) is 1.94. The summed E-state index contributed by atoms with van der Waals surface area (Å²) in [6.45, 7) is 3.64. The minimum absolute atomic E-state index is 0.0139. The lowest BCUT2D eigenvalue weighted by Gasteiger charge is -2.32. The second kappa shape index (κ2) is 7.77. The molecule has 1 aromatic heterocycles. The van der Waals surface area contributed by atoms with E-state index in [-0.39, 0.29) is 11.7 Å². The van der Waals surface area contributed by atoms with Crippen molar-refractivity contribution in [2.75, 3.05) is 31.5 Å². The van der Waals surface area contributed by atoms with Crippen LogP contribution in [-0.2, 0) is 4.79 Å². The Morgan fingerprint density at radius 2 is 1.85 bits per heavy atom. The number of anilines is 2. The lowest BCUT2D eigenvalue weighted by molar-refractivity contribution is -0.119. The Bertz CT molecular complexity index is 829. The van der Waals surface area contributed by atoms with Gasteiger partial charge in [0.05, 0.1) is 0 Å². The fourth-order valence-electron chi connectivity index (χ4n) is 2.81. The first-order valence-electron chi connectivity index (χ1n) is 8.39. The average molecular weight is 352 g/mol. The van der Waals surface area contributed by atoms with Crippen LogP contribution in [0, 0.1) is 0 Å². The standard InChI is InChI=1S/C19H20N4O3/c1-14(25)15-3-2-4-17(11-15)21-18-12-16(5-6-20-18)19(26)23-9-7-22(13-24)8-10-23/h2-6,11-13H,7-10H2,1H3,(H,20,21). The lowest BCUT2D eigenvalue weighted by Crippen LogP contribution is -2.48. The summed E-state index contributed by atoms with van der Waals surface area (Å²) in [6.07, 6.45) is 2.39. The van der Waals surface area contributed by atoms with Crippen molar-refractivity contribution in [3.05, 3.63) is 53.7 Å². The van der Waals surface area contributed by atoms with Gasteiger partial charge in [0.15, 0.2) is 5.78 Å². The van der Waals surface area contributed by atoms with E-state index in [0.29, 0.717) is 43.1 Å². The molecule has 1 aliphatic rings. The molecule has 2 aromatic rings. The number of ketones is 1. The number of amides is 2. The molecular formula is C19H20N4O3. The second-order valence-electron chi connectivity index (χ2n) is 6.13. The number of hydrogen-bond donors (Lipinski definition) is 1. The maximum absolute atomic E-state index is 12.7. The molecule has 0 aliphatic carbocycles. The molecule has 1 saturated heterocycles. The van der Waals surface area contributed by atoms with E-state index in [1.807, 2.05) is 6.07 Å². The summed E-state index contributed by atoms with van der Waals surface area (Å²) in [5.41, 5.74) is 1.87. The van der Waals surface area contributed by atoms with Gasteiger partial charge in [-0.15, -0.1) is 0 Å². The summed E-state index contributed by atoms with van der Waals surface area (Å²) in [7, 11) is 0. The van der Waals surface area contributed by atoms with Crippen molar-refractivity contribution in [3.63, 3.8) is 0 Å². The Morgan fingerprint density at radius 1 is 1.08 bits per heavy atom. The molecule has 7 heteroatoms. The molecule has 26 heavy (non-hydrogen) atoms. The van der Waals surface area contributed by atoms with Crippen molar-refractivity contribution in [1.29, 1.82) is 0 Å². The van der Waals surface area contributed by atoms with E-state index in [1.165, 1.54) is 6.92 Å². The fourth-order valence-corrected chi connectivity index (χ4v) is 2.81. The van der Waals surface area contributed by atoms with Crippen LogP contribution in [0.15, 0.2) is 42.6 Å². The van der Waals surface area contributed by atoms with Crippen molar-refractivity contribution < 1.29 is 14.4 Å². The number of benzene rings is 1.